The number of halogens is 2. The van der Waals surface area contributed by atoms with Crippen LogP contribution in [0.25, 0.3) is 0 Å². The second kappa shape index (κ2) is 5.51. The average molecular weight is 295 g/mol. The lowest BCUT2D eigenvalue weighted by molar-refractivity contribution is 0.102. The molecular weight excluding hydrogens is 283 g/mol. The number of nitrogens with two attached hydrogens (primary N) is 1. The van der Waals surface area contributed by atoms with Crippen LogP contribution in [0.15, 0.2) is 36.4 Å². The third-order valence-electron chi connectivity index (χ3n) is 2.69. The van der Waals surface area contributed by atoms with Crippen LogP contribution in [0, 0.1) is 6.92 Å². The van der Waals surface area contributed by atoms with Crippen LogP contribution in [-0.2, 0) is 0 Å². The van der Waals surface area contributed by atoms with Gasteiger partial charge in [-0.05, 0) is 48.9 Å². The van der Waals surface area contributed by atoms with Gasteiger partial charge in [0.2, 0.25) is 0 Å². The van der Waals surface area contributed by atoms with Crippen LogP contribution in [0.1, 0.15) is 15.9 Å². The van der Waals surface area contributed by atoms with Gasteiger partial charge < -0.3 is 11.1 Å². The van der Waals surface area contributed by atoms with Crippen molar-refractivity contribution < 1.29 is 4.79 Å². The molecule has 0 radical (unpaired) electrons. The number of benzene rings is 2. The van der Waals surface area contributed by atoms with Crippen molar-refractivity contribution in [3.63, 3.8) is 0 Å². The smallest absolute Gasteiger partial charge is 0.255 e. The normalized spacial score (nSPS) is 10.3. The van der Waals surface area contributed by atoms with Gasteiger partial charge in [-0.25, -0.2) is 0 Å². The van der Waals surface area contributed by atoms with Gasteiger partial charge in [-0.2, -0.15) is 0 Å². The molecule has 0 bridgehead atoms. The van der Waals surface area contributed by atoms with Crippen molar-refractivity contribution >= 4 is 40.5 Å². The highest BCUT2D eigenvalue weighted by atomic mass is 35.5. The Morgan fingerprint density at radius 3 is 2.53 bits per heavy atom. The van der Waals surface area contributed by atoms with Crippen molar-refractivity contribution in [1.82, 2.24) is 0 Å². The quantitative estimate of drug-likeness (QED) is 0.818. The van der Waals surface area contributed by atoms with Gasteiger partial charge in [0.15, 0.2) is 0 Å². The maximum atomic E-state index is 12.1. The van der Waals surface area contributed by atoms with Gasteiger partial charge in [-0.3, -0.25) is 4.79 Å². The first-order valence-electron chi connectivity index (χ1n) is 5.60. The molecule has 0 saturated heterocycles. The Balaban J connectivity index is 2.23. The lowest BCUT2D eigenvalue weighted by atomic mass is 10.1. The molecule has 98 valence electrons. The van der Waals surface area contributed by atoms with E-state index >= 15 is 0 Å². The van der Waals surface area contributed by atoms with E-state index in [0.29, 0.717) is 27.0 Å². The summed E-state index contributed by atoms with van der Waals surface area (Å²) in [6.45, 7) is 1.83. The van der Waals surface area contributed by atoms with E-state index in [-0.39, 0.29) is 5.91 Å². The molecule has 5 heteroatoms. The molecule has 0 aliphatic heterocycles. The molecule has 0 fully saturated rings. The molecule has 3 N–H and O–H groups in total. The predicted octanol–water partition coefficient (Wildman–Crippen LogP) is 4.14. The summed E-state index contributed by atoms with van der Waals surface area (Å²) in [5.74, 6) is -0.213. The summed E-state index contributed by atoms with van der Waals surface area (Å²) in [6, 6.07) is 10.1. The minimum Gasteiger partial charge on any atom is -0.398 e. The predicted molar refractivity (Wildman–Crippen MR) is 80.0 cm³/mol. The Labute approximate surface area is 121 Å². The van der Waals surface area contributed by atoms with Gasteiger partial charge in [0.1, 0.15) is 0 Å². The van der Waals surface area contributed by atoms with E-state index in [1.807, 2.05) is 6.92 Å². The van der Waals surface area contributed by atoms with Crippen molar-refractivity contribution in [2.45, 2.75) is 6.92 Å². The summed E-state index contributed by atoms with van der Waals surface area (Å²) in [5.41, 5.74) is 8.06. The van der Waals surface area contributed by atoms with Gasteiger partial charge in [0, 0.05) is 16.3 Å². The van der Waals surface area contributed by atoms with Gasteiger partial charge in [-0.15, -0.1) is 0 Å². The Morgan fingerprint density at radius 1 is 1.16 bits per heavy atom. The first-order chi connectivity index (χ1) is 8.97. The van der Waals surface area contributed by atoms with Gasteiger partial charge >= 0.3 is 0 Å². The van der Waals surface area contributed by atoms with Crippen LogP contribution in [-0.4, -0.2) is 5.91 Å². The second-order valence-electron chi connectivity index (χ2n) is 4.15. The minimum atomic E-state index is -0.213. The molecule has 2 rings (SSSR count). The van der Waals surface area contributed by atoms with Crippen LogP contribution in [0.5, 0.6) is 0 Å². The molecule has 0 unspecified atom stereocenters. The van der Waals surface area contributed by atoms with Crippen LogP contribution >= 0.6 is 23.2 Å². The van der Waals surface area contributed by atoms with E-state index in [1.54, 1.807) is 36.4 Å². The summed E-state index contributed by atoms with van der Waals surface area (Å²) < 4.78 is 0. The molecule has 0 aliphatic carbocycles. The molecule has 0 spiro atoms. The molecule has 0 heterocycles. The number of aryl methyl sites for hydroxylation is 1. The van der Waals surface area contributed by atoms with E-state index < -0.39 is 0 Å². The highest BCUT2D eigenvalue weighted by Crippen LogP contribution is 2.23. The Morgan fingerprint density at radius 2 is 1.89 bits per heavy atom. The molecule has 1 amide bonds. The SMILES string of the molecule is Cc1cc(Cl)ccc1C(=O)Nc1ccc(N)c(Cl)c1. The van der Waals surface area contributed by atoms with Crippen LogP contribution in [0.3, 0.4) is 0 Å². The molecule has 0 atom stereocenters. The number of hydrogen-bond acceptors (Lipinski definition) is 2. The highest BCUT2D eigenvalue weighted by molar-refractivity contribution is 6.33. The first-order valence-corrected chi connectivity index (χ1v) is 6.35. The number of nitrogen functional groups attached to an aromatic ring is 1. The summed E-state index contributed by atoms with van der Waals surface area (Å²) >= 11 is 11.8. The fourth-order valence-corrected chi connectivity index (χ4v) is 2.09. The zero-order chi connectivity index (χ0) is 14.0. The maximum Gasteiger partial charge on any atom is 0.255 e. The molecule has 19 heavy (non-hydrogen) atoms. The number of carbonyl (C=O) groups excluding carboxylic acids is 1. The maximum absolute atomic E-state index is 12.1. The van der Waals surface area contributed by atoms with E-state index in [0.717, 1.165) is 5.56 Å². The highest BCUT2D eigenvalue weighted by Gasteiger charge is 2.10. The largest absolute Gasteiger partial charge is 0.398 e. The molecular formula is C14H12Cl2N2O. The van der Waals surface area contributed by atoms with E-state index in [9.17, 15) is 4.79 Å². The summed E-state index contributed by atoms with van der Waals surface area (Å²) in [6.07, 6.45) is 0. The van der Waals surface area contributed by atoms with Gasteiger partial charge in [0.05, 0.1) is 10.7 Å². The number of anilines is 2. The number of nitrogens with one attached hydrogen (secondary N) is 1. The second-order valence-corrected chi connectivity index (χ2v) is 4.99. The lowest BCUT2D eigenvalue weighted by Crippen LogP contribution is -2.13. The van der Waals surface area contributed by atoms with E-state index in [4.69, 9.17) is 28.9 Å². The standard InChI is InChI=1S/C14H12Cl2N2O/c1-8-6-9(15)2-4-11(8)14(19)18-10-3-5-13(17)12(16)7-10/h2-7H,17H2,1H3,(H,18,19). The number of rotatable bonds is 2. The van der Waals surface area contributed by atoms with Crippen LogP contribution < -0.4 is 11.1 Å². The third-order valence-corrected chi connectivity index (χ3v) is 3.25. The minimum absolute atomic E-state index is 0.213. The zero-order valence-corrected chi connectivity index (χ0v) is 11.7. The summed E-state index contributed by atoms with van der Waals surface area (Å²) in [7, 11) is 0. The van der Waals surface area contributed by atoms with E-state index in [1.165, 1.54) is 0 Å². The molecule has 0 saturated carbocycles. The molecule has 0 aromatic heterocycles. The van der Waals surface area contributed by atoms with Gasteiger partial charge in [-0.1, -0.05) is 23.2 Å². The number of hydrogen-bond donors (Lipinski definition) is 2. The summed E-state index contributed by atoms with van der Waals surface area (Å²) in [5, 5.41) is 3.77. The molecule has 3 nitrogen and oxygen atoms in total. The van der Waals surface area contributed by atoms with Gasteiger partial charge in [0.25, 0.3) is 5.91 Å². The van der Waals surface area contributed by atoms with Crippen molar-refractivity contribution in [3.05, 3.63) is 57.6 Å². The Bertz CT molecular complexity index is 641. The Hall–Kier alpha value is -1.71. The fourth-order valence-electron chi connectivity index (χ4n) is 1.69. The zero-order valence-electron chi connectivity index (χ0n) is 10.2. The lowest BCUT2D eigenvalue weighted by Gasteiger charge is -2.09. The third kappa shape index (κ3) is 3.19. The molecule has 0 aliphatic rings. The van der Waals surface area contributed by atoms with Crippen molar-refractivity contribution in [1.29, 1.82) is 0 Å². The van der Waals surface area contributed by atoms with E-state index in [2.05, 4.69) is 5.32 Å². The van der Waals surface area contributed by atoms with Crippen LogP contribution in [0.2, 0.25) is 10.0 Å². The average Bonchev–Trinajstić information content (AvgIpc) is 2.33. The number of carbonyl (C=O) groups is 1. The van der Waals surface area contributed by atoms with Crippen molar-refractivity contribution in [3.8, 4) is 0 Å². The van der Waals surface area contributed by atoms with Crippen molar-refractivity contribution in [2.75, 3.05) is 11.1 Å². The van der Waals surface area contributed by atoms with Crippen molar-refractivity contribution in [2.24, 2.45) is 0 Å². The topological polar surface area (TPSA) is 55.1 Å². The monoisotopic (exact) mass is 294 g/mol. The Kier molecular flexibility index (Phi) is 3.98. The summed E-state index contributed by atoms with van der Waals surface area (Å²) in [4.78, 5) is 12.1. The number of amides is 1. The fraction of sp³-hybridized carbons (Fsp3) is 0.0714. The molecule has 2 aromatic rings. The first kappa shape index (κ1) is 13.7. The van der Waals surface area contributed by atoms with Crippen LogP contribution in [0.4, 0.5) is 11.4 Å². The molecule has 2 aromatic carbocycles.